The van der Waals surface area contributed by atoms with Gasteiger partial charge >= 0.3 is 5.97 Å². The SMILES string of the molecule is Cc1cc(OCC(=O)Nc2ccsc2C(=O)O)ccc1Cl. The molecular formula is C14H12ClNO4S. The zero-order chi connectivity index (χ0) is 15.4. The van der Waals surface area contributed by atoms with Gasteiger partial charge in [-0.25, -0.2) is 4.79 Å². The molecule has 1 heterocycles. The second-order valence-electron chi connectivity index (χ2n) is 4.22. The highest BCUT2D eigenvalue weighted by molar-refractivity contribution is 7.12. The van der Waals surface area contributed by atoms with Gasteiger partial charge in [-0.2, -0.15) is 0 Å². The van der Waals surface area contributed by atoms with Crippen LogP contribution in [0, 0.1) is 6.92 Å². The van der Waals surface area contributed by atoms with E-state index in [4.69, 9.17) is 21.4 Å². The van der Waals surface area contributed by atoms with Crippen molar-refractivity contribution in [2.75, 3.05) is 11.9 Å². The largest absolute Gasteiger partial charge is 0.484 e. The molecule has 0 saturated heterocycles. The van der Waals surface area contributed by atoms with Gasteiger partial charge in [0.15, 0.2) is 6.61 Å². The average molecular weight is 326 g/mol. The lowest BCUT2D eigenvalue weighted by Gasteiger charge is -2.08. The Morgan fingerprint density at radius 3 is 2.81 bits per heavy atom. The molecule has 2 aromatic rings. The topological polar surface area (TPSA) is 75.6 Å². The summed E-state index contributed by atoms with van der Waals surface area (Å²) in [6, 6.07) is 6.61. The zero-order valence-corrected chi connectivity index (χ0v) is 12.6. The van der Waals surface area contributed by atoms with Crippen LogP contribution in [-0.2, 0) is 4.79 Å². The highest BCUT2D eigenvalue weighted by atomic mass is 35.5. The van der Waals surface area contributed by atoms with Gasteiger partial charge in [-0.3, -0.25) is 4.79 Å². The van der Waals surface area contributed by atoms with Crippen molar-refractivity contribution < 1.29 is 19.4 Å². The number of halogens is 1. The van der Waals surface area contributed by atoms with Crippen LogP contribution in [0.5, 0.6) is 5.75 Å². The van der Waals surface area contributed by atoms with Crippen molar-refractivity contribution in [3.05, 3.63) is 45.1 Å². The number of anilines is 1. The van der Waals surface area contributed by atoms with E-state index in [1.54, 1.807) is 29.6 Å². The Morgan fingerprint density at radius 1 is 1.38 bits per heavy atom. The lowest BCUT2D eigenvalue weighted by atomic mass is 10.2. The molecule has 7 heteroatoms. The van der Waals surface area contributed by atoms with E-state index in [1.807, 2.05) is 6.92 Å². The lowest BCUT2D eigenvalue weighted by Crippen LogP contribution is -2.20. The minimum atomic E-state index is -1.07. The van der Waals surface area contributed by atoms with E-state index in [-0.39, 0.29) is 17.2 Å². The van der Waals surface area contributed by atoms with Gasteiger partial charge in [-0.15, -0.1) is 11.3 Å². The smallest absolute Gasteiger partial charge is 0.348 e. The van der Waals surface area contributed by atoms with Gasteiger partial charge in [0.05, 0.1) is 5.69 Å². The van der Waals surface area contributed by atoms with Crippen molar-refractivity contribution in [3.8, 4) is 5.75 Å². The van der Waals surface area contributed by atoms with Crippen molar-refractivity contribution in [3.63, 3.8) is 0 Å². The summed E-state index contributed by atoms with van der Waals surface area (Å²) < 4.78 is 5.34. The molecule has 2 rings (SSSR count). The van der Waals surface area contributed by atoms with Gasteiger partial charge in [0.2, 0.25) is 0 Å². The van der Waals surface area contributed by atoms with Crippen LogP contribution >= 0.6 is 22.9 Å². The van der Waals surface area contributed by atoms with Crippen molar-refractivity contribution in [1.29, 1.82) is 0 Å². The number of ether oxygens (including phenoxy) is 1. The highest BCUT2D eigenvalue weighted by Gasteiger charge is 2.14. The number of carboxylic acids is 1. The number of thiophene rings is 1. The molecule has 1 aromatic heterocycles. The molecule has 0 radical (unpaired) electrons. The number of rotatable bonds is 5. The van der Waals surface area contributed by atoms with Crippen LogP contribution in [0.25, 0.3) is 0 Å². The molecule has 2 N–H and O–H groups in total. The molecule has 0 aliphatic rings. The number of hydrogen-bond acceptors (Lipinski definition) is 4. The molecule has 0 fully saturated rings. The molecule has 21 heavy (non-hydrogen) atoms. The van der Waals surface area contributed by atoms with E-state index in [2.05, 4.69) is 5.32 Å². The van der Waals surface area contributed by atoms with Crippen LogP contribution in [0.3, 0.4) is 0 Å². The number of carbonyl (C=O) groups excluding carboxylic acids is 1. The summed E-state index contributed by atoms with van der Waals surface area (Å²) in [5, 5.41) is 13.7. The zero-order valence-electron chi connectivity index (χ0n) is 11.1. The number of benzene rings is 1. The fourth-order valence-electron chi connectivity index (χ4n) is 1.62. The summed E-state index contributed by atoms with van der Waals surface area (Å²) in [5.41, 5.74) is 1.12. The molecule has 0 unspecified atom stereocenters. The minimum absolute atomic E-state index is 0.0886. The Hall–Kier alpha value is -2.05. The third-order valence-corrected chi connectivity index (χ3v) is 3.96. The third-order valence-electron chi connectivity index (χ3n) is 2.63. The second kappa shape index (κ2) is 6.60. The predicted octanol–water partition coefficient (Wildman–Crippen LogP) is 3.43. The number of amides is 1. The van der Waals surface area contributed by atoms with E-state index in [0.29, 0.717) is 10.8 Å². The van der Waals surface area contributed by atoms with Gasteiger partial charge in [0.1, 0.15) is 10.6 Å². The summed E-state index contributed by atoms with van der Waals surface area (Å²) in [5.74, 6) is -0.978. The molecule has 1 amide bonds. The fraction of sp³-hybridized carbons (Fsp3) is 0.143. The van der Waals surface area contributed by atoms with Crippen LogP contribution in [0.1, 0.15) is 15.2 Å². The Labute approximate surface area is 130 Å². The standard InChI is InChI=1S/C14H12ClNO4S/c1-8-6-9(2-3-10(8)15)20-7-12(17)16-11-4-5-21-13(11)14(18)19/h2-6H,7H2,1H3,(H,16,17)(H,18,19). The number of nitrogens with one attached hydrogen (secondary N) is 1. The first-order valence-electron chi connectivity index (χ1n) is 5.97. The molecule has 1 aromatic carbocycles. The number of aryl methyl sites for hydroxylation is 1. The Balaban J connectivity index is 1.94. The summed E-state index contributed by atoms with van der Waals surface area (Å²) in [4.78, 5) is 22.8. The first kappa shape index (κ1) is 15.3. The van der Waals surface area contributed by atoms with E-state index >= 15 is 0 Å². The van der Waals surface area contributed by atoms with Crippen LogP contribution in [0.15, 0.2) is 29.6 Å². The van der Waals surface area contributed by atoms with Gasteiger partial charge in [-0.1, -0.05) is 11.6 Å². The molecule has 0 saturated carbocycles. The Kier molecular flexibility index (Phi) is 4.82. The molecule has 0 spiro atoms. The normalized spacial score (nSPS) is 10.2. The first-order chi connectivity index (χ1) is 9.97. The number of carbonyl (C=O) groups is 2. The van der Waals surface area contributed by atoms with Crippen LogP contribution in [-0.4, -0.2) is 23.6 Å². The third kappa shape index (κ3) is 3.96. The first-order valence-corrected chi connectivity index (χ1v) is 7.22. The maximum atomic E-state index is 11.8. The molecular weight excluding hydrogens is 314 g/mol. The van der Waals surface area contributed by atoms with Crippen molar-refractivity contribution >= 4 is 40.5 Å². The average Bonchev–Trinajstić information content (AvgIpc) is 2.88. The van der Waals surface area contributed by atoms with Crippen molar-refractivity contribution in [2.24, 2.45) is 0 Å². The number of hydrogen-bond donors (Lipinski definition) is 2. The van der Waals surface area contributed by atoms with E-state index in [1.165, 1.54) is 0 Å². The van der Waals surface area contributed by atoms with E-state index < -0.39 is 11.9 Å². The summed E-state index contributed by atoms with van der Waals surface area (Å²) in [6.07, 6.45) is 0. The molecule has 5 nitrogen and oxygen atoms in total. The number of aromatic carboxylic acids is 1. The fourth-order valence-corrected chi connectivity index (χ4v) is 2.42. The summed E-state index contributed by atoms with van der Waals surface area (Å²) >= 11 is 6.94. The lowest BCUT2D eigenvalue weighted by molar-refractivity contribution is -0.118. The van der Waals surface area contributed by atoms with Gasteiger partial charge in [-0.05, 0) is 42.1 Å². The molecule has 0 aliphatic heterocycles. The Morgan fingerprint density at radius 2 is 2.14 bits per heavy atom. The maximum absolute atomic E-state index is 11.8. The Bertz CT molecular complexity index is 683. The molecule has 0 bridgehead atoms. The van der Waals surface area contributed by atoms with Gasteiger partial charge in [0.25, 0.3) is 5.91 Å². The maximum Gasteiger partial charge on any atom is 0.348 e. The number of carboxylic acid groups (broad SMARTS) is 1. The second-order valence-corrected chi connectivity index (χ2v) is 5.54. The molecule has 110 valence electrons. The van der Waals surface area contributed by atoms with Gasteiger partial charge in [0, 0.05) is 5.02 Å². The van der Waals surface area contributed by atoms with Crippen molar-refractivity contribution in [1.82, 2.24) is 0 Å². The summed E-state index contributed by atoms with van der Waals surface area (Å²) in [7, 11) is 0. The monoisotopic (exact) mass is 325 g/mol. The minimum Gasteiger partial charge on any atom is -0.484 e. The van der Waals surface area contributed by atoms with E-state index in [0.717, 1.165) is 16.9 Å². The van der Waals surface area contributed by atoms with Crippen LogP contribution in [0.2, 0.25) is 5.02 Å². The van der Waals surface area contributed by atoms with Crippen LogP contribution < -0.4 is 10.1 Å². The van der Waals surface area contributed by atoms with Crippen molar-refractivity contribution in [2.45, 2.75) is 6.92 Å². The molecule has 0 aliphatic carbocycles. The quantitative estimate of drug-likeness (QED) is 0.883. The van der Waals surface area contributed by atoms with Crippen LogP contribution in [0.4, 0.5) is 5.69 Å². The summed E-state index contributed by atoms with van der Waals surface area (Å²) in [6.45, 7) is 1.62. The highest BCUT2D eigenvalue weighted by Crippen LogP contribution is 2.23. The predicted molar refractivity (Wildman–Crippen MR) is 81.6 cm³/mol. The van der Waals surface area contributed by atoms with Gasteiger partial charge < -0.3 is 15.2 Å². The van der Waals surface area contributed by atoms with E-state index in [9.17, 15) is 9.59 Å². The molecule has 0 atom stereocenters.